The summed E-state index contributed by atoms with van der Waals surface area (Å²) < 4.78 is 39.0. The quantitative estimate of drug-likeness (QED) is 0.685. The zero-order valence-electron chi connectivity index (χ0n) is 13.9. The third-order valence-corrected chi connectivity index (χ3v) is 4.45. The number of hydrogen-bond acceptors (Lipinski definition) is 2. The maximum atomic E-state index is 14.3. The van der Waals surface area contributed by atoms with Crippen molar-refractivity contribution >= 4 is 0 Å². The first-order chi connectivity index (χ1) is 11.7. The molecule has 0 amide bonds. The van der Waals surface area contributed by atoms with Crippen molar-refractivity contribution in [2.75, 3.05) is 13.2 Å². The zero-order valence-corrected chi connectivity index (χ0v) is 13.9. The van der Waals surface area contributed by atoms with Crippen LogP contribution in [0.4, 0.5) is 8.78 Å². The molecule has 2 aromatic carbocycles. The molecular formula is C20H22F2O2. The van der Waals surface area contributed by atoms with Gasteiger partial charge >= 0.3 is 0 Å². The number of benzene rings is 2. The predicted octanol–water partition coefficient (Wildman–Crippen LogP) is 5.60. The lowest BCUT2D eigenvalue weighted by molar-refractivity contribution is 0.242. The smallest absolute Gasteiger partial charge is 0.165 e. The topological polar surface area (TPSA) is 18.5 Å². The maximum absolute atomic E-state index is 14.3. The summed E-state index contributed by atoms with van der Waals surface area (Å²) in [6.45, 7) is 2.76. The third-order valence-electron chi connectivity index (χ3n) is 4.45. The Morgan fingerprint density at radius 2 is 1.42 bits per heavy atom. The first kappa shape index (κ1) is 16.7. The average molecular weight is 332 g/mol. The van der Waals surface area contributed by atoms with Gasteiger partial charge < -0.3 is 9.47 Å². The summed E-state index contributed by atoms with van der Waals surface area (Å²) in [4.78, 5) is 0. The minimum Gasteiger partial charge on any atom is -0.491 e. The van der Waals surface area contributed by atoms with E-state index in [1.807, 2.05) is 0 Å². The van der Waals surface area contributed by atoms with Crippen LogP contribution < -0.4 is 9.47 Å². The van der Waals surface area contributed by atoms with Crippen LogP contribution in [0.3, 0.4) is 0 Å². The Morgan fingerprint density at radius 3 is 1.92 bits per heavy atom. The normalized spacial score (nSPS) is 14.8. The Labute approximate surface area is 141 Å². The van der Waals surface area contributed by atoms with E-state index in [0.717, 1.165) is 12.8 Å². The van der Waals surface area contributed by atoms with E-state index in [9.17, 15) is 8.78 Å². The van der Waals surface area contributed by atoms with Gasteiger partial charge in [-0.2, -0.15) is 0 Å². The number of hydrogen-bond donors (Lipinski definition) is 0. The highest BCUT2D eigenvalue weighted by Gasteiger charge is 2.16. The highest BCUT2D eigenvalue weighted by atomic mass is 19.1. The summed E-state index contributed by atoms with van der Waals surface area (Å²) in [5.41, 5.74) is 1.22. The Morgan fingerprint density at radius 1 is 0.875 bits per heavy atom. The number of halogens is 2. The lowest BCUT2D eigenvalue weighted by Crippen LogP contribution is -2.08. The molecule has 4 heteroatoms. The van der Waals surface area contributed by atoms with Crippen molar-refractivity contribution in [2.24, 2.45) is 5.92 Å². The van der Waals surface area contributed by atoms with Gasteiger partial charge in [0.25, 0.3) is 0 Å². The molecule has 2 nitrogen and oxygen atoms in total. The first-order valence-corrected chi connectivity index (χ1v) is 8.52. The van der Waals surface area contributed by atoms with E-state index < -0.39 is 11.6 Å². The molecule has 1 aliphatic rings. The largest absolute Gasteiger partial charge is 0.491 e. The van der Waals surface area contributed by atoms with Crippen molar-refractivity contribution in [3.05, 3.63) is 48.0 Å². The second-order valence-electron chi connectivity index (χ2n) is 6.18. The van der Waals surface area contributed by atoms with Crippen LogP contribution >= 0.6 is 0 Å². The van der Waals surface area contributed by atoms with Crippen molar-refractivity contribution in [2.45, 2.75) is 32.6 Å². The monoisotopic (exact) mass is 332 g/mol. The zero-order chi connectivity index (χ0) is 16.9. The molecule has 1 fully saturated rings. The van der Waals surface area contributed by atoms with Crippen LogP contribution in [0.25, 0.3) is 11.1 Å². The Hall–Kier alpha value is -2.10. The van der Waals surface area contributed by atoms with Gasteiger partial charge in [-0.15, -0.1) is 0 Å². The van der Waals surface area contributed by atoms with E-state index >= 15 is 0 Å². The van der Waals surface area contributed by atoms with Crippen molar-refractivity contribution in [3.63, 3.8) is 0 Å². The molecule has 3 rings (SSSR count). The second-order valence-corrected chi connectivity index (χ2v) is 6.18. The van der Waals surface area contributed by atoms with Gasteiger partial charge in [-0.05, 0) is 61.1 Å². The fraction of sp³-hybridized carbons (Fsp3) is 0.400. The molecule has 0 bridgehead atoms. The van der Waals surface area contributed by atoms with Gasteiger partial charge in [0.15, 0.2) is 23.1 Å². The molecule has 1 aliphatic carbocycles. The Balaban J connectivity index is 1.72. The molecule has 0 atom stereocenters. The standard InChI is InChI=1S/C20H22F2O2/c1-2-23-19-9-7-15(11-17(19)21)16-8-10-20(18(22)12-16)24-13-14-5-3-4-6-14/h7-12,14H,2-6,13H2,1H3. The summed E-state index contributed by atoms with van der Waals surface area (Å²) >= 11 is 0. The summed E-state index contributed by atoms with van der Waals surface area (Å²) in [6, 6.07) is 9.41. The lowest BCUT2D eigenvalue weighted by Gasteiger charge is -2.13. The summed E-state index contributed by atoms with van der Waals surface area (Å²) in [5.74, 6) is 0.135. The van der Waals surface area contributed by atoms with E-state index in [-0.39, 0.29) is 11.5 Å². The fourth-order valence-electron chi connectivity index (χ4n) is 3.14. The maximum Gasteiger partial charge on any atom is 0.165 e. The van der Waals surface area contributed by atoms with Gasteiger partial charge in [-0.3, -0.25) is 0 Å². The van der Waals surface area contributed by atoms with Gasteiger partial charge in [0, 0.05) is 0 Å². The molecule has 0 saturated heterocycles. The van der Waals surface area contributed by atoms with Gasteiger partial charge in [-0.25, -0.2) is 8.78 Å². The predicted molar refractivity (Wildman–Crippen MR) is 90.4 cm³/mol. The van der Waals surface area contributed by atoms with Crippen molar-refractivity contribution < 1.29 is 18.3 Å². The fourth-order valence-corrected chi connectivity index (χ4v) is 3.14. The van der Waals surface area contributed by atoms with E-state index in [1.54, 1.807) is 31.2 Å². The highest BCUT2D eigenvalue weighted by molar-refractivity contribution is 5.65. The van der Waals surface area contributed by atoms with Crippen molar-refractivity contribution in [3.8, 4) is 22.6 Å². The van der Waals surface area contributed by atoms with Crippen LogP contribution in [0, 0.1) is 17.6 Å². The SMILES string of the molecule is CCOc1ccc(-c2ccc(OCC3CCCC3)c(F)c2)cc1F. The molecule has 0 unspecified atom stereocenters. The minimum absolute atomic E-state index is 0.207. The molecule has 1 saturated carbocycles. The molecule has 0 heterocycles. The van der Waals surface area contributed by atoms with Crippen molar-refractivity contribution in [1.82, 2.24) is 0 Å². The van der Waals surface area contributed by atoms with Crippen LogP contribution in [0.15, 0.2) is 36.4 Å². The van der Waals surface area contributed by atoms with E-state index in [0.29, 0.717) is 30.3 Å². The second kappa shape index (κ2) is 7.65. The van der Waals surface area contributed by atoms with Gasteiger partial charge in [0.1, 0.15) is 0 Å². The molecule has 0 radical (unpaired) electrons. The number of rotatable bonds is 6. The van der Waals surface area contributed by atoms with Crippen LogP contribution in [0.5, 0.6) is 11.5 Å². The van der Waals surface area contributed by atoms with Gasteiger partial charge in [-0.1, -0.05) is 25.0 Å². The highest BCUT2D eigenvalue weighted by Crippen LogP contribution is 2.30. The number of ether oxygens (including phenoxy) is 2. The van der Waals surface area contributed by atoms with E-state index in [4.69, 9.17) is 9.47 Å². The summed E-state index contributed by atoms with van der Waals surface area (Å²) in [6.07, 6.45) is 4.79. The molecule has 24 heavy (non-hydrogen) atoms. The Kier molecular flexibility index (Phi) is 5.34. The molecule has 0 aliphatic heterocycles. The Bertz CT molecular complexity index is 694. The summed E-state index contributed by atoms with van der Waals surface area (Å²) in [7, 11) is 0. The van der Waals surface area contributed by atoms with Crippen molar-refractivity contribution in [1.29, 1.82) is 0 Å². The average Bonchev–Trinajstić information content (AvgIpc) is 3.09. The van der Waals surface area contributed by atoms with Crippen LogP contribution in [0.1, 0.15) is 32.6 Å². The lowest BCUT2D eigenvalue weighted by atomic mass is 10.0. The molecule has 0 aromatic heterocycles. The summed E-state index contributed by atoms with van der Waals surface area (Å²) in [5, 5.41) is 0. The van der Waals surface area contributed by atoms with Crippen LogP contribution in [-0.4, -0.2) is 13.2 Å². The molecule has 128 valence electrons. The molecule has 2 aromatic rings. The van der Waals surface area contributed by atoms with E-state index in [2.05, 4.69) is 0 Å². The third kappa shape index (κ3) is 3.86. The van der Waals surface area contributed by atoms with Crippen LogP contribution in [-0.2, 0) is 0 Å². The van der Waals surface area contributed by atoms with Gasteiger partial charge in [0.05, 0.1) is 13.2 Å². The molecule has 0 N–H and O–H groups in total. The molecule has 0 spiro atoms. The van der Waals surface area contributed by atoms with Crippen LogP contribution in [0.2, 0.25) is 0 Å². The molecular weight excluding hydrogens is 310 g/mol. The first-order valence-electron chi connectivity index (χ1n) is 8.52. The minimum atomic E-state index is -0.448. The van der Waals surface area contributed by atoms with E-state index in [1.165, 1.54) is 25.0 Å². The van der Waals surface area contributed by atoms with Gasteiger partial charge in [0.2, 0.25) is 0 Å².